The molecule has 0 spiro atoms. The molecule has 0 aliphatic heterocycles. The Labute approximate surface area is 67.1 Å². The van der Waals surface area contributed by atoms with Gasteiger partial charge in [0, 0.05) is 0 Å². The van der Waals surface area contributed by atoms with E-state index in [0.717, 1.165) is 6.92 Å². The van der Waals surface area contributed by atoms with Crippen LogP contribution >= 0.6 is 0 Å². The number of hydrogen-bond acceptors (Lipinski definition) is 2. The quantitative estimate of drug-likeness (QED) is 0.698. The molecule has 6 heteroatoms. The van der Waals surface area contributed by atoms with Crippen LogP contribution in [0.5, 0.6) is 0 Å². The van der Waals surface area contributed by atoms with E-state index >= 15 is 0 Å². The number of carboxylic acid groups (broad SMARTS) is 1. The smallest absolute Gasteiger partial charge is 0.332 e. The molecule has 0 aromatic rings. The summed E-state index contributed by atoms with van der Waals surface area (Å²) < 4.78 is 39.5. The molecule has 0 bridgehead atoms. The van der Waals surface area contributed by atoms with Gasteiger partial charge in [-0.2, -0.15) is 0 Å². The molecule has 0 aromatic heterocycles. The van der Waals surface area contributed by atoms with E-state index in [-0.39, 0.29) is 0 Å². The summed E-state index contributed by atoms with van der Waals surface area (Å²) in [5, 5.41) is 8.22. The number of ether oxygens (including phenoxy) is 1. The van der Waals surface area contributed by atoms with Crippen molar-refractivity contribution in [1.82, 2.24) is 0 Å². The summed E-state index contributed by atoms with van der Waals surface area (Å²) in [6.45, 7) is -0.331. The van der Waals surface area contributed by atoms with E-state index in [4.69, 9.17) is 5.11 Å². The minimum atomic E-state index is -3.00. The Hall–Kier alpha value is -0.780. The zero-order valence-corrected chi connectivity index (χ0v) is 6.34. The molecule has 1 N–H and O–H groups in total. The van der Waals surface area contributed by atoms with Gasteiger partial charge >= 0.3 is 5.97 Å². The molecule has 0 aromatic carbocycles. The minimum Gasteiger partial charge on any atom is -0.479 e. The van der Waals surface area contributed by atoms with Crippen molar-refractivity contribution in [2.24, 2.45) is 0 Å². The Morgan fingerprint density at radius 2 is 2.08 bits per heavy atom. The second-order valence-corrected chi connectivity index (χ2v) is 2.14. The largest absolute Gasteiger partial charge is 0.479 e. The van der Waals surface area contributed by atoms with Crippen molar-refractivity contribution in [2.45, 2.75) is 25.6 Å². The van der Waals surface area contributed by atoms with E-state index in [1.807, 2.05) is 0 Å². The molecule has 12 heavy (non-hydrogen) atoms. The van der Waals surface area contributed by atoms with Gasteiger partial charge in [0.05, 0.1) is 0 Å². The highest BCUT2D eigenvalue weighted by molar-refractivity contribution is 5.71. The summed E-state index contributed by atoms with van der Waals surface area (Å²) in [7, 11) is 0. The maximum absolute atomic E-state index is 11.8. The highest BCUT2D eigenvalue weighted by Gasteiger charge is 2.25. The first-order valence-corrected chi connectivity index (χ1v) is 3.21. The monoisotopic (exact) mass is 186 g/mol. The van der Waals surface area contributed by atoms with Crippen LogP contribution in [0, 0.1) is 0 Å². The van der Waals surface area contributed by atoms with Gasteiger partial charge in [-0.3, -0.25) is 0 Å². The number of carbonyl (C=O) groups is 1. The molecule has 0 aliphatic rings. The van der Waals surface area contributed by atoms with Crippen LogP contribution in [0.4, 0.5) is 13.2 Å². The average Bonchev–Trinajstić information content (AvgIpc) is 1.98. The van der Waals surface area contributed by atoms with Crippen molar-refractivity contribution in [2.75, 3.05) is 6.67 Å². The first-order valence-electron chi connectivity index (χ1n) is 3.21. The molecular formula is C6H9F3O3. The van der Waals surface area contributed by atoms with E-state index < -0.39 is 31.3 Å². The first-order chi connectivity index (χ1) is 5.49. The number of rotatable bonds is 5. The summed E-state index contributed by atoms with van der Waals surface area (Å²) in [5.41, 5.74) is 0. The third-order valence-corrected chi connectivity index (χ3v) is 1.16. The molecule has 1 unspecified atom stereocenters. The molecule has 0 rings (SSSR count). The second kappa shape index (κ2) is 4.97. The summed E-state index contributed by atoms with van der Waals surface area (Å²) in [6.07, 6.45) is -6.37. The van der Waals surface area contributed by atoms with Crippen LogP contribution in [0.1, 0.15) is 6.92 Å². The van der Waals surface area contributed by atoms with Crippen LogP contribution in [-0.2, 0) is 9.53 Å². The van der Waals surface area contributed by atoms with E-state index in [1.54, 1.807) is 0 Å². The van der Waals surface area contributed by atoms with E-state index in [1.165, 1.54) is 0 Å². The van der Waals surface area contributed by atoms with E-state index in [9.17, 15) is 18.0 Å². The van der Waals surface area contributed by atoms with Crippen LogP contribution in [0.25, 0.3) is 0 Å². The summed E-state index contributed by atoms with van der Waals surface area (Å²) in [4.78, 5) is 10.1. The van der Waals surface area contributed by atoms with Gasteiger partial charge in [-0.15, -0.1) is 0 Å². The van der Waals surface area contributed by atoms with Gasteiger partial charge in [-0.05, 0) is 6.92 Å². The van der Waals surface area contributed by atoms with Crippen molar-refractivity contribution >= 4 is 5.97 Å². The van der Waals surface area contributed by atoms with Crippen molar-refractivity contribution in [3.63, 3.8) is 0 Å². The third kappa shape index (κ3) is 3.56. The molecule has 2 atom stereocenters. The topological polar surface area (TPSA) is 46.5 Å². The molecule has 3 nitrogen and oxygen atoms in total. The summed E-state index contributed by atoms with van der Waals surface area (Å²) in [6, 6.07) is 0. The van der Waals surface area contributed by atoms with Crippen molar-refractivity contribution in [1.29, 1.82) is 0 Å². The Bertz CT molecular complexity index is 151. The standard InChI is InChI=1S/C6H9F3O3/c1-3(6(10)11)12-4(2-7)5(8)9/h3-5H,2H2,1H3,(H,10,11)/t3-,4?/m1/s1. The van der Waals surface area contributed by atoms with Gasteiger partial charge in [0.1, 0.15) is 12.8 Å². The Balaban J connectivity index is 3.93. The lowest BCUT2D eigenvalue weighted by Crippen LogP contribution is -2.32. The molecule has 72 valence electrons. The van der Waals surface area contributed by atoms with Crippen LogP contribution in [-0.4, -0.2) is 36.4 Å². The Morgan fingerprint density at radius 1 is 1.58 bits per heavy atom. The number of halogens is 3. The molecule has 0 heterocycles. The third-order valence-electron chi connectivity index (χ3n) is 1.16. The normalized spacial score (nSPS) is 16.1. The number of alkyl halides is 3. The molecule has 0 aliphatic carbocycles. The number of aliphatic carboxylic acids is 1. The fourth-order valence-corrected chi connectivity index (χ4v) is 0.484. The zero-order chi connectivity index (χ0) is 9.72. The summed E-state index contributed by atoms with van der Waals surface area (Å²) in [5.74, 6) is -1.39. The molecule has 0 radical (unpaired) electrons. The SMILES string of the molecule is C[C@@H](OC(CF)C(F)F)C(=O)O. The number of carboxylic acids is 1. The van der Waals surface area contributed by atoms with Gasteiger partial charge < -0.3 is 9.84 Å². The predicted molar refractivity (Wildman–Crippen MR) is 33.9 cm³/mol. The molecule has 0 amide bonds. The maximum Gasteiger partial charge on any atom is 0.332 e. The van der Waals surface area contributed by atoms with Gasteiger partial charge in [-0.25, -0.2) is 18.0 Å². The molecule has 0 saturated heterocycles. The predicted octanol–water partition coefficient (Wildman–Crippen LogP) is 1.08. The lowest BCUT2D eigenvalue weighted by Gasteiger charge is -2.15. The van der Waals surface area contributed by atoms with Gasteiger partial charge in [0.25, 0.3) is 6.43 Å². The van der Waals surface area contributed by atoms with Crippen molar-refractivity contribution in [3.05, 3.63) is 0 Å². The highest BCUT2D eigenvalue weighted by atomic mass is 19.3. The summed E-state index contributed by atoms with van der Waals surface area (Å²) >= 11 is 0. The van der Waals surface area contributed by atoms with E-state index in [2.05, 4.69) is 4.74 Å². The zero-order valence-electron chi connectivity index (χ0n) is 6.34. The first kappa shape index (κ1) is 11.2. The van der Waals surface area contributed by atoms with E-state index in [0.29, 0.717) is 0 Å². The lowest BCUT2D eigenvalue weighted by molar-refractivity contribution is -0.160. The minimum absolute atomic E-state index is 1.06. The van der Waals surface area contributed by atoms with Gasteiger partial charge in [0.15, 0.2) is 6.10 Å². The fourth-order valence-electron chi connectivity index (χ4n) is 0.484. The Kier molecular flexibility index (Phi) is 4.65. The van der Waals surface area contributed by atoms with Crippen LogP contribution < -0.4 is 0 Å². The highest BCUT2D eigenvalue weighted by Crippen LogP contribution is 2.09. The number of hydrogen-bond donors (Lipinski definition) is 1. The van der Waals surface area contributed by atoms with Crippen LogP contribution in [0.3, 0.4) is 0 Å². The van der Waals surface area contributed by atoms with Crippen LogP contribution in [0.2, 0.25) is 0 Å². The molecular weight excluding hydrogens is 177 g/mol. The van der Waals surface area contributed by atoms with Gasteiger partial charge in [0.2, 0.25) is 0 Å². The molecule has 0 saturated carbocycles. The maximum atomic E-state index is 11.8. The second-order valence-electron chi connectivity index (χ2n) is 2.14. The average molecular weight is 186 g/mol. The van der Waals surface area contributed by atoms with Gasteiger partial charge in [-0.1, -0.05) is 0 Å². The fraction of sp³-hybridized carbons (Fsp3) is 0.833. The Morgan fingerprint density at radius 3 is 2.33 bits per heavy atom. The lowest BCUT2D eigenvalue weighted by atomic mass is 10.3. The molecule has 0 fully saturated rings. The van der Waals surface area contributed by atoms with Crippen molar-refractivity contribution in [3.8, 4) is 0 Å². The van der Waals surface area contributed by atoms with Crippen LogP contribution in [0.15, 0.2) is 0 Å². The van der Waals surface area contributed by atoms with Crippen molar-refractivity contribution < 1.29 is 27.8 Å².